The van der Waals surface area contributed by atoms with E-state index in [1.54, 1.807) is 12.1 Å². The monoisotopic (exact) mass is 485 g/mol. The molecule has 4 aromatic rings. The number of nitrogens with one attached hydrogen (secondary N) is 2. The van der Waals surface area contributed by atoms with Gasteiger partial charge in [-0.1, -0.05) is 36.4 Å². The van der Waals surface area contributed by atoms with E-state index in [0.717, 1.165) is 35.1 Å². The largest absolute Gasteiger partial charge is 0.573 e. The predicted molar refractivity (Wildman–Crippen MR) is 125 cm³/mol. The van der Waals surface area contributed by atoms with Crippen molar-refractivity contribution in [2.75, 3.05) is 13.1 Å². The first-order chi connectivity index (χ1) is 16.7. The zero-order valence-electron chi connectivity index (χ0n) is 18.4. The summed E-state index contributed by atoms with van der Waals surface area (Å²) in [7, 11) is 0. The van der Waals surface area contributed by atoms with Gasteiger partial charge in [-0.25, -0.2) is 4.98 Å². The Morgan fingerprint density at radius 2 is 1.80 bits per heavy atom. The maximum Gasteiger partial charge on any atom is 0.573 e. The van der Waals surface area contributed by atoms with E-state index in [-0.39, 0.29) is 22.6 Å². The van der Waals surface area contributed by atoms with Crippen LogP contribution in [-0.4, -0.2) is 33.8 Å². The second-order valence-corrected chi connectivity index (χ2v) is 7.73. The topological polar surface area (TPSA) is 115 Å². The Hall–Kier alpha value is -3.96. The molecule has 4 N–H and O–H groups in total. The number of alkyl halides is 3. The summed E-state index contributed by atoms with van der Waals surface area (Å²) in [5, 5.41) is 3.27. The van der Waals surface area contributed by atoms with Crippen molar-refractivity contribution in [3.8, 4) is 28.1 Å². The molecular formula is C24H22F3N5O3. The molecule has 2 heterocycles. The second-order valence-electron chi connectivity index (χ2n) is 7.73. The molecule has 2 aromatic carbocycles. The SMILES string of the molecule is NCCCNCc1ccc(-c2cn3c(=O)cc(-c4ccccc4OC(F)(F)F)nc3[nH]c2=O)cc1. The number of benzene rings is 2. The molecule has 8 nitrogen and oxygen atoms in total. The number of H-pyrrole nitrogens is 1. The van der Waals surface area contributed by atoms with E-state index in [9.17, 15) is 22.8 Å². The van der Waals surface area contributed by atoms with Crippen LogP contribution >= 0.6 is 0 Å². The molecule has 0 aliphatic heterocycles. The molecule has 0 fully saturated rings. The van der Waals surface area contributed by atoms with Crippen molar-refractivity contribution in [3.05, 3.63) is 87.1 Å². The molecule has 0 aliphatic carbocycles. The quantitative estimate of drug-likeness (QED) is 0.331. The Morgan fingerprint density at radius 3 is 2.51 bits per heavy atom. The number of ether oxygens (including phenoxy) is 1. The number of aromatic nitrogens is 3. The van der Waals surface area contributed by atoms with Gasteiger partial charge in [0.15, 0.2) is 0 Å². The van der Waals surface area contributed by atoms with Crippen molar-refractivity contribution in [1.82, 2.24) is 19.7 Å². The fourth-order valence-corrected chi connectivity index (χ4v) is 3.56. The predicted octanol–water partition coefficient (Wildman–Crippen LogP) is 3.05. The summed E-state index contributed by atoms with van der Waals surface area (Å²) in [4.78, 5) is 32.3. The van der Waals surface area contributed by atoms with Crippen LogP contribution in [0.1, 0.15) is 12.0 Å². The van der Waals surface area contributed by atoms with Gasteiger partial charge in [-0.3, -0.25) is 19.0 Å². The molecule has 0 bridgehead atoms. The van der Waals surface area contributed by atoms with Crippen LogP contribution in [0, 0.1) is 0 Å². The van der Waals surface area contributed by atoms with Gasteiger partial charge >= 0.3 is 6.36 Å². The van der Waals surface area contributed by atoms with Crippen LogP contribution in [0.15, 0.2) is 70.4 Å². The summed E-state index contributed by atoms with van der Waals surface area (Å²) in [6.07, 6.45) is -2.68. The van der Waals surface area contributed by atoms with Gasteiger partial charge in [0.1, 0.15) is 5.75 Å². The van der Waals surface area contributed by atoms with Gasteiger partial charge in [0.25, 0.3) is 11.1 Å². The summed E-state index contributed by atoms with van der Waals surface area (Å²) >= 11 is 0. The van der Waals surface area contributed by atoms with Gasteiger partial charge in [-0.15, -0.1) is 13.2 Å². The van der Waals surface area contributed by atoms with Crippen molar-refractivity contribution < 1.29 is 17.9 Å². The minimum atomic E-state index is -4.92. The third kappa shape index (κ3) is 5.76. The van der Waals surface area contributed by atoms with Gasteiger partial charge in [-0.05, 0) is 42.8 Å². The van der Waals surface area contributed by atoms with E-state index in [1.807, 2.05) is 12.1 Å². The first kappa shape index (κ1) is 24.2. The van der Waals surface area contributed by atoms with Crippen LogP contribution in [0.25, 0.3) is 28.2 Å². The lowest BCUT2D eigenvalue weighted by Crippen LogP contribution is -2.22. The highest BCUT2D eigenvalue weighted by Crippen LogP contribution is 2.32. The van der Waals surface area contributed by atoms with Crippen molar-refractivity contribution >= 4 is 5.78 Å². The second kappa shape index (κ2) is 10.1. The van der Waals surface area contributed by atoms with Crippen LogP contribution < -0.4 is 26.9 Å². The van der Waals surface area contributed by atoms with Crippen molar-refractivity contribution in [2.24, 2.45) is 5.73 Å². The molecule has 35 heavy (non-hydrogen) atoms. The number of hydrogen-bond donors (Lipinski definition) is 3. The average molecular weight is 485 g/mol. The summed E-state index contributed by atoms with van der Waals surface area (Å²) < 4.78 is 43.5. The van der Waals surface area contributed by atoms with Gasteiger partial charge in [0.05, 0.1) is 11.3 Å². The number of aromatic amines is 1. The normalized spacial score (nSPS) is 11.7. The zero-order valence-corrected chi connectivity index (χ0v) is 18.4. The first-order valence-electron chi connectivity index (χ1n) is 10.8. The summed E-state index contributed by atoms with van der Waals surface area (Å²) in [6, 6.07) is 13.7. The molecule has 0 radical (unpaired) electrons. The van der Waals surface area contributed by atoms with Crippen molar-refractivity contribution in [2.45, 2.75) is 19.3 Å². The zero-order chi connectivity index (χ0) is 25.0. The summed E-state index contributed by atoms with van der Waals surface area (Å²) in [5.74, 6) is -0.614. The van der Waals surface area contributed by atoms with Crippen LogP contribution in [0.5, 0.6) is 5.75 Å². The highest BCUT2D eigenvalue weighted by molar-refractivity contribution is 5.69. The number of nitrogens with two attached hydrogens (primary N) is 1. The Balaban J connectivity index is 1.68. The Labute approximate surface area is 197 Å². The third-order valence-corrected chi connectivity index (χ3v) is 5.22. The van der Waals surface area contributed by atoms with Gasteiger partial charge in [0.2, 0.25) is 5.78 Å². The Bertz CT molecular complexity index is 1450. The molecule has 0 unspecified atom stereocenters. The summed E-state index contributed by atoms with van der Waals surface area (Å²) in [5.41, 5.74) is 6.16. The average Bonchev–Trinajstić information content (AvgIpc) is 2.81. The van der Waals surface area contributed by atoms with E-state index in [4.69, 9.17) is 5.73 Å². The minimum absolute atomic E-state index is 0.0370. The molecule has 0 aliphatic rings. The number of hydrogen-bond acceptors (Lipinski definition) is 6. The van der Waals surface area contributed by atoms with Crippen molar-refractivity contribution in [1.29, 1.82) is 0 Å². The first-order valence-corrected chi connectivity index (χ1v) is 10.8. The van der Waals surface area contributed by atoms with Crippen molar-refractivity contribution in [3.63, 3.8) is 0 Å². The number of nitrogens with zero attached hydrogens (tertiary/aromatic N) is 2. The highest BCUT2D eigenvalue weighted by atomic mass is 19.4. The fourth-order valence-electron chi connectivity index (χ4n) is 3.56. The molecule has 11 heteroatoms. The summed E-state index contributed by atoms with van der Waals surface area (Å²) in [6.45, 7) is 2.06. The molecular weight excluding hydrogens is 463 g/mol. The number of halogens is 3. The van der Waals surface area contributed by atoms with Gasteiger partial charge in [-0.2, -0.15) is 0 Å². The molecule has 0 saturated heterocycles. The number of rotatable bonds is 8. The van der Waals surface area contributed by atoms with E-state index in [0.29, 0.717) is 18.7 Å². The number of fused-ring (bicyclic) bond motifs is 1. The highest BCUT2D eigenvalue weighted by Gasteiger charge is 2.32. The van der Waals surface area contributed by atoms with Crippen LogP contribution in [0.4, 0.5) is 13.2 Å². The van der Waals surface area contributed by atoms with Gasteiger partial charge < -0.3 is 15.8 Å². The Kier molecular flexibility index (Phi) is 6.99. The molecule has 182 valence electrons. The van der Waals surface area contributed by atoms with E-state index < -0.39 is 23.2 Å². The van der Waals surface area contributed by atoms with Gasteiger partial charge in [0, 0.05) is 24.4 Å². The van der Waals surface area contributed by atoms with Crippen LogP contribution in [0.2, 0.25) is 0 Å². The van der Waals surface area contributed by atoms with E-state index in [1.165, 1.54) is 24.4 Å². The molecule has 2 aromatic heterocycles. The molecule has 4 rings (SSSR count). The fraction of sp³-hybridized carbons (Fsp3) is 0.208. The standard InChI is InChI=1S/C24H22F3N5O3/c25-24(26,27)35-20-5-2-1-4-17(20)19-12-21(33)32-14-18(22(34)31-23(32)30-19)16-8-6-15(7-9-16)13-29-11-3-10-28/h1-2,4-9,12,14,29H,3,10-11,13,28H2,(H,30,31,34). The molecule has 0 amide bonds. The third-order valence-electron chi connectivity index (χ3n) is 5.22. The number of para-hydroxylation sites is 1. The minimum Gasteiger partial charge on any atom is -0.405 e. The Morgan fingerprint density at radius 1 is 1.06 bits per heavy atom. The van der Waals surface area contributed by atoms with E-state index >= 15 is 0 Å². The molecule has 0 spiro atoms. The lowest BCUT2D eigenvalue weighted by Gasteiger charge is -2.13. The molecule has 0 saturated carbocycles. The maximum absolute atomic E-state index is 12.8. The lowest BCUT2D eigenvalue weighted by atomic mass is 10.1. The van der Waals surface area contributed by atoms with Crippen LogP contribution in [-0.2, 0) is 6.54 Å². The van der Waals surface area contributed by atoms with E-state index in [2.05, 4.69) is 20.0 Å². The van der Waals surface area contributed by atoms with Crippen LogP contribution in [0.3, 0.4) is 0 Å². The maximum atomic E-state index is 12.8. The molecule has 0 atom stereocenters. The lowest BCUT2D eigenvalue weighted by molar-refractivity contribution is -0.274. The smallest absolute Gasteiger partial charge is 0.405 e.